The van der Waals surface area contributed by atoms with E-state index in [0.717, 1.165) is 40.6 Å². The van der Waals surface area contributed by atoms with Crippen LogP contribution in [0.2, 0.25) is 0 Å². The van der Waals surface area contributed by atoms with E-state index in [1.165, 1.54) is 11.1 Å². The van der Waals surface area contributed by atoms with Crippen LogP contribution in [0, 0.1) is 0 Å². The third kappa shape index (κ3) is 4.89. The van der Waals surface area contributed by atoms with E-state index in [1.807, 2.05) is 42.5 Å². The number of carboxylic acids is 1. The van der Waals surface area contributed by atoms with E-state index in [9.17, 15) is 9.90 Å². The van der Waals surface area contributed by atoms with Gasteiger partial charge in [-0.3, -0.25) is 4.79 Å². The number of aromatic nitrogens is 1. The minimum atomic E-state index is -0.885. The third-order valence-corrected chi connectivity index (χ3v) is 5.57. The number of ether oxygens (including phenoxy) is 1. The van der Waals surface area contributed by atoms with Crippen molar-refractivity contribution in [2.45, 2.75) is 12.8 Å². The maximum absolute atomic E-state index is 11.2. The van der Waals surface area contributed by atoms with E-state index in [0.29, 0.717) is 5.82 Å². The fraction of sp³-hybridized carbons (Fsp3) is 0.185. The molecule has 0 aliphatic carbocycles. The van der Waals surface area contributed by atoms with Crippen LogP contribution in [0.1, 0.15) is 11.1 Å². The lowest BCUT2D eigenvalue weighted by Crippen LogP contribution is -2.26. The van der Waals surface area contributed by atoms with Crippen LogP contribution in [-0.2, 0) is 17.6 Å². The second-order valence-corrected chi connectivity index (χ2v) is 7.84. The molecule has 0 amide bonds. The standard InChI is InChI=1S/C27H26N2O3/c1-29(18-27(30)31)26-17-23(21-6-4-3-5-7-21)24-16-20(12-15-25(24)28-26)9-8-19-10-13-22(32-2)14-11-19/h3-7,10-17H,8-9,18H2,1-2H3,(H,30,31). The van der Waals surface area contributed by atoms with Gasteiger partial charge in [0, 0.05) is 12.4 Å². The van der Waals surface area contributed by atoms with Crippen LogP contribution < -0.4 is 9.64 Å². The number of carbonyl (C=O) groups is 1. The highest BCUT2D eigenvalue weighted by molar-refractivity contribution is 5.96. The first-order valence-corrected chi connectivity index (χ1v) is 10.6. The Hall–Kier alpha value is -3.86. The number of methoxy groups -OCH3 is 1. The van der Waals surface area contributed by atoms with Gasteiger partial charge in [-0.1, -0.05) is 48.5 Å². The number of anilines is 1. The Morgan fingerprint density at radius 3 is 2.31 bits per heavy atom. The molecule has 0 bridgehead atoms. The summed E-state index contributed by atoms with van der Waals surface area (Å²) in [6.07, 6.45) is 1.85. The summed E-state index contributed by atoms with van der Waals surface area (Å²) in [5.74, 6) is 0.621. The van der Waals surface area contributed by atoms with Gasteiger partial charge in [0.05, 0.1) is 12.6 Å². The summed E-state index contributed by atoms with van der Waals surface area (Å²) in [4.78, 5) is 17.6. The van der Waals surface area contributed by atoms with Crippen molar-refractivity contribution in [3.05, 3.63) is 90.0 Å². The molecule has 1 aromatic heterocycles. The predicted molar refractivity (Wildman–Crippen MR) is 128 cm³/mol. The fourth-order valence-electron chi connectivity index (χ4n) is 3.83. The molecule has 0 fully saturated rings. The molecule has 0 aliphatic rings. The van der Waals surface area contributed by atoms with Gasteiger partial charge in [-0.25, -0.2) is 4.98 Å². The van der Waals surface area contributed by atoms with Crippen LogP contribution in [0.25, 0.3) is 22.0 Å². The minimum absolute atomic E-state index is 0.104. The van der Waals surface area contributed by atoms with Crippen LogP contribution in [0.3, 0.4) is 0 Å². The van der Waals surface area contributed by atoms with Gasteiger partial charge in [-0.15, -0.1) is 0 Å². The highest BCUT2D eigenvalue weighted by Gasteiger charge is 2.13. The quantitative estimate of drug-likeness (QED) is 0.419. The molecule has 32 heavy (non-hydrogen) atoms. The number of aliphatic carboxylic acids is 1. The van der Waals surface area contributed by atoms with Crippen molar-refractivity contribution in [1.29, 1.82) is 0 Å². The Morgan fingerprint density at radius 2 is 1.62 bits per heavy atom. The molecule has 0 atom stereocenters. The number of nitrogens with zero attached hydrogens (tertiary/aromatic N) is 2. The number of carboxylic acid groups (broad SMARTS) is 1. The van der Waals surface area contributed by atoms with Crippen molar-refractivity contribution in [2.24, 2.45) is 0 Å². The number of hydrogen-bond acceptors (Lipinski definition) is 4. The number of likely N-dealkylation sites (N-methyl/N-ethyl adjacent to an activating group) is 1. The fourth-order valence-corrected chi connectivity index (χ4v) is 3.83. The van der Waals surface area contributed by atoms with Gasteiger partial charge in [0.15, 0.2) is 0 Å². The monoisotopic (exact) mass is 426 g/mol. The van der Waals surface area contributed by atoms with E-state index in [1.54, 1.807) is 19.1 Å². The maximum atomic E-state index is 11.2. The molecule has 1 heterocycles. The molecule has 0 radical (unpaired) electrons. The van der Waals surface area contributed by atoms with Crippen LogP contribution in [0.4, 0.5) is 5.82 Å². The molecule has 5 nitrogen and oxygen atoms in total. The SMILES string of the molecule is COc1ccc(CCc2ccc3nc(N(C)CC(=O)O)cc(-c4ccccc4)c3c2)cc1. The minimum Gasteiger partial charge on any atom is -0.497 e. The van der Waals surface area contributed by atoms with Crippen LogP contribution >= 0.6 is 0 Å². The summed E-state index contributed by atoms with van der Waals surface area (Å²) < 4.78 is 5.24. The lowest BCUT2D eigenvalue weighted by atomic mass is 9.97. The largest absolute Gasteiger partial charge is 0.497 e. The molecule has 162 valence electrons. The smallest absolute Gasteiger partial charge is 0.323 e. The number of rotatable bonds is 8. The summed E-state index contributed by atoms with van der Waals surface area (Å²) in [6.45, 7) is -0.104. The summed E-state index contributed by atoms with van der Waals surface area (Å²) >= 11 is 0. The molecule has 0 aliphatic heterocycles. The zero-order valence-corrected chi connectivity index (χ0v) is 18.3. The molecule has 4 aromatic rings. The molecular weight excluding hydrogens is 400 g/mol. The zero-order valence-electron chi connectivity index (χ0n) is 18.3. The number of fused-ring (bicyclic) bond motifs is 1. The van der Waals surface area contributed by atoms with Crippen molar-refractivity contribution >= 4 is 22.7 Å². The first-order chi connectivity index (χ1) is 15.5. The normalized spacial score (nSPS) is 10.8. The summed E-state index contributed by atoms with van der Waals surface area (Å²) in [7, 11) is 3.42. The molecule has 3 aromatic carbocycles. The van der Waals surface area contributed by atoms with Gasteiger partial charge in [0.2, 0.25) is 0 Å². The van der Waals surface area contributed by atoms with E-state index in [-0.39, 0.29) is 6.54 Å². The number of aryl methyl sites for hydroxylation is 2. The second kappa shape index (κ2) is 9.52. The number of pyridine rings is 1. The van der Waals surface area contributed by atoms with Gasteiger partial charge in [0.1, 0.15) is 18.1 Å². The van der Waals surface area contributed by atoms with Gasteiger partial charge in [-0.2, -0.15) is 0 Å². The Labute approximate surface area is 187 Å². The lowest BCUT2D eigenvalue weighted by molar-refractivity contribution is -0.135. The Morgan fingerprint density at radius 1 is 0.938 bits per heavy atom. The summed E-state index contributed by atoms with van der Waals surface area (Å²) in [6, 6.07) is 26.6. The van der Waals surface area contributed by atoms with E-state index >= 15 is 0 Å². The van der Waals surface area contributed by atoms with E-state index < -0.39 is 5.97 Å². The Bertz CT molecular complexity index is 1220. The van der Waals surface area contributed by atoms with Gasteiger partial charge < -0.3 is 14.7 Å². The van der Waals surface area contributed by atoms with E-state index in [2.05, 4.69) is 36.4 Å². The summed E-state index contributed by atoms with van der Waals surface area (Å²) in [5, 5.41) is 10.3. The van der Waals surface area contributed by atoms with Crippen LogP contribution in [0.5, 0.6) is 5.75 Å². The molecule has 1 N–H and O–H groups in total. The number of benzene rings is 3. The van der Waals surface area contributed by atoms with Crippen molar-refractivity contribution in [2.75, 3.05) is 25.6 Å². The zero-order chi connectivity index (χ0) is 22.5. The third-order valence-electron chi connectivity index (χ3n) is 5.57. The maximum Gasteiger partial charge on any atom is 0.323 e. The predicted octanol–water partition coefficient (Wildman–Crippen LogP) is 5.22. The van der Waals surface area contributed by atoms with Crippen LogP contribution in [0.15, 0.2) is 78.9 Å². The van der Waals surface area contributed by atoms with Crippen molar-refractivity contribution in [3.8, 4) is 16.9 Å². The highest BCUT2D eigenvalue weighted by atomic mass is 16.5. The molecular formula is C27H26N2O3. The number of hydrogen-bond donors (Lipinski definition) is 1. The van der Waals surface area contributed by atoms with E-state index in [4.69, 9.17) is 9.72 Å². The summed E-state index contributed by atoms with van der Waals surface area (Å²) in [5.41, 5.74) is 5.48. The van der Waals surface area contributed by atoms with Crippen molar-refractivity contribution < 1.29 is 14.6 Å². The molecule has 0 saturated carbocycles. The molecule has 0 unspecified atom stereocenters. The van der Waals surface area contributed by atoms with Gasteiger partial charge in [-0.05, 0) is 65.4 Å². The van der Waals surface area contributed by atoms with Crippen molar-refractivity contribution in [1.82, 2.24) is 4.98 Å². The first kappa shape index (κ1) is 21.4. The second-order valence-electron chi connectivity index (χ2n) is 7.84. The molecule has 0 saturated heterocycles. The molecule has 5 heteroatoms. The average molecular weight is 427 g/mol. The van der Waals surface area contributed by atoms with Crippen molar-refractivity contribution in [3.63, 3.8) is 0 Å². The van der Waals surface area contributed by atoms with Gasteiger partial charge in [0.25, 0.3) is 0 Å². The average Bonchev–Trinajstić information content (AvgIpc) is 2.82. The lowest BCUT2D eigenvalue weighted by Gasteiger charge is -2.18. The molecule has 0 spiro atoms. The molecule has 4 rings (SSSR count). The highest BCUT2D eigenvalue weighted by Crippen LogP contribution is 2.32. The van der Waals surface area contributed by atoms with Gasteiger partial charge >= 0.3 is 5.97 Å². The Kier molecular flexibility index (Phi) is 6.36. The topological polar surface area (TPSA) is 62.7 Å². The Balaban J connectivity index is 1.69. The first-order valence-electron chi connectivity index (χ1n) is 10.6. The van der Waals surface area contributed by atoms with Crippen LogP contribution in [-0.4, -0.2) is 36.8 Å².